The second-order valence-corrected chi connectivity index (χ2v) is 8.13. The third-order valence-electron chi connectivity index (χ3n) is 4.35. The van der Waals surface area contributed by atoms with Crippen LogP contribution in [0.15, 0.2) is 10.4 Å². The Hall–Kier alpha value is -1.30. The minimum atomic E-state index is 0.497. The summed E-state index contributed by atoms with van der Waals surface area (Å²) in [5, 5.41) is 10.1. The highest BCUT2D eigenvalue weighted by Gasteiger charge is 2.27. The summed E-state index contributed by atoms with van der Waals surface area (Å²) < 4.78 is 0. The molecular formula is C17H31N5S. The number of rotatable bonds is 5. The van der Waals surface area contributed by atoms with Crippen molar-refractivity contribution in [3.05, 3.63) is 11.1 Å². The van der Waals surface area contributed by atoms with Gasteiger partial charge in [-0.05, 0) is 38.0 Å². The summed E-state index contributed by atoms with van der Waals surface area (Å²) in [5.41, 5.74) is 1.53. The zero-order chi connectivity index (χ0) is 16.9. The molecular weight excluding hydrogens is 306 g/mol. The molecule has 1 aromatic rings. The number of hydrogen-bond donors (Lipinski definition) is 2. The molecule has 0 amide bonds. The van der Waals surface area contributed by atoms with Crippen molar-refractivity contribution >= 4 is 22.4 Å². The molecule has 5 nitrogen and oxygen atoms in total. The lowest BCUT2D eigenvalue weighted by atomic mass is 9.75. The number of aromatic nitrogens is 1. The van der Waals surface area contributed by atoms with E-state index in [0.29, 0.717) is 18.0 Å². The third kappa shape index (κ3) is 5.68. The fraction of sp³-hybridized carbons (Fsp3) is 0.765. The Balaban J connectivity index is 1.91. The number of thiazole rings is 1. The van der Waals surface area contributed by atoms with E-state index in [1.54, 1.807) is 11.3 Å². The van der Waals surface area contributed by atoms with Crippen LogP contribution in [-0.4, -0.2) is 37.6 Å². The lowest BCUT2D eigenvalue weighted by Gasteiger charge is -2.35. The largest absolute Gasteiger partial charge is 0.357 e. The molecule has 0 bridgehead atoms. The minimum absolute atomic E-state index is 0.497. The Kier molecular flexibility index (Phi) is 6.27. The van der Waals surface area contributed by atoms with Crippen molar-refractivity contribution in [1.82, 2.24) is 15.6 Å². The van der Waals surface area contributed by atoms with Crippen molar-refractivity contribution in [2.45, 2.75) is 59.0 Å². The number of nitrogens with zero attached hydrogens (tertiary/aromatic N) is 3. The quantitative estimate of drug-likeness (QED) is 0.640. The summed E-state index contributed by atoms with van der Waals surface area (Å²) in [5.74, 6) is 0.914. The van der Waals surface area contributed by atoms with Crippen LogP contribution in [0.5, 0.6) is 0 Å². The molecule has 0 spiro atoms. The van der Waals surface area contributed by atoms with Gasteiger partial charge < -0.3 is 15.5 Å². The van der Waals surface area contributed by atoms with Crippen LogP contribution in [0, 0.1) is 5.41 Å². The Bertz CT molecular complexity index is 511. The summed E-state index contributed by atoms with van der Waals surface area (Å²) in [4.78, 5) is 11.3. The Labute approximate surface area is 144 Å². The fourth-order valence-corrected chi connectivity index (χ4v) is 3.54. The summed E-state index contributed by atoms with van der Waals surface area (Å²) in [7, 11) is 4.03. The van der Waals surface area contributed by atoms with Crippen molar-refractivity contribution in [3.63, 3.8) is 0 Å². The number of aliphatic imine (C=N–C) groups is 1. The topological polar surface area (TPSA) is 52.6 Å². The van der Waals surface area contributed by atoms with Gasteiger partial charge in [-0.15, -0.1) is 11.3 Å². The van der Waals surface area contributed by atoms with Crippen LogP contribution < -0.4 is 15.5 Å². The number of nitrogens with one attached hydrogen (secondary N) is 2. The number of guanidine groups is 1. The zero-order valence-corrected chi connectivity index (χ0v) is 16.0. The molecule has 0 aromatic carbocycles. The van der Waals surface area contributed by atoms with Crippen molar-refractivity contribution in [2.75, 3.05) is 25.5 Å². The normalized spacial score (nSPS) is 18.7. The van der Waals surface area contributed by atoms with Gasteiger partial charge in [0.15, 0.2) is 11.1 Å². The molecule has 0 saturated heterocycles. The molecule has 1 saturated carbocycles. The van der Waals surface area contributed by atoms with Crippen LogP contribution in [0.4, 0.5) is 5.13 Å². The molecule has 6 heteroatoms. The maximum atomic E-state index is 4.71. The molecule has 0 radical (unpaired) electrons. The molecule has 23 heavy (non-hydrogen) atoms. The maximum absolute atomic E-state index is 4.71. The molecule has 1 aliphatic rings. The molecule has 0 unspecified atom stereocenters. The molecule has 2 rings (SSSR count). The molecule has 1 aliphatic carbocycles. The first-order valence-corrected chi connectivity index (χ1v) is 9.44. The predicted octanol–water partition coefficient (Wildman–Crippen LogP) is 3.23. The van der Waals surface area contributed by atoms with E-state index in [1.165, 1.54) is 25.7 Å². The Morgan fingerprint density at radius 2 is 2.09 bits per heavy atom. The standard InChI is InChI=1S/C17H31N5S/c1-6-18-15(20-13-7-9-17(2,3)10-8-13)19-11-14-12-23-16(21-14)22(4)5/h12-13H,6-11H2,1-5H3,(H2,18,19,20). The average Bonchev–Trinajstić information content (AvgIpc) is 2.96. The van der Waals surface area contributed by atoms with E-state index >= 15 is 0 Å². The van der Waals surface area contributed by atoms with Crippen LogP contribution in [0.3, 0.4) is 0 Å². The van der Waals surface area contributed by atoms with Gasteiger partial charge in [0.05, 0.1) is 12.2 Å². The summed E-state index contributed by atoms with van der Waals surface area (Å²) in [6.45, 7) is 8.34. The van der Waals surface area contributed by atoms with Crippen LogP contribution in [0.1, 0.15) is 52.1 Å². The lowest BCUT2D eigenvalue weighted by molar-refractivity contribution is 0.216. The van der Waals surface area contributed by atoms with Gasteiger partial charge in [-0.1, -0.05) is 13.8 Å². The van der Waals surface area contributed by atoms with E-state index in [-0.39, 0.29) is 0 Å². The SMILES string of the molecule is CCNC(=NCc1csc(N(C)C)n1)NC1CCC(C)(C)CC1. The van der Waals surface area contributed by atoms with E-state index in [9.17, 15) is 0 Å². The molecule has 2 N–H and O–H groups in total. The number of hydrogen-bond acceptors (Lipinski definition) is 4. The van der Waals surface area contributed by atoms with Crippen molar-refractivity contribution in [1.29, 1.82) is 0 Å². The zero-order valence-electron chi connectivity index (χ0n) is 15.1. The predicted molar refractivity (Wildman–Crippen MR) is 100 cm³/mol. The molecule has 0 atom stereocenters. The monoisotopic (exact) mass is 337 g/mol. The second-order valence-electron chi connectivity index (χ2n) is 7.29. The molecule has 130 valence electrons. The van der Waals surface area contributed by atoms with Gasteiger partial charge in [0.25, 0.3) is 0 Å². The highest BCUT2D eigenvalue weighted by molar-refractivity contribution is 7.13. The second kappa shape index (κ2) is 7.99. The minimum Gasteiger partial charge on any atom is -0.357 e. The lowest BCUT2D eigenvalue weighted by Crippen LogP contribution is -2.45. The summed E-state index contributed by atoms with van der Waals surface area (Å²) in [6.07, 6.45) is 5.00. The highest BCUT2D eigenvalue weighted by atomic mass is 32.1. The Morgan fingerprint density at radius 1 is 1.39 bits per heavy atom. The van der Waals surface area contributed by atoms with Gasteiger partial charge in [0.1, 0.15) is 0 Å². The van der Waals surface area contributed by atoms with Gasteiger partial charge in [0, 0.05) is 32.1 Å². The van der Waals surface area contributed by atoms with Crippen molar-refractivity contribution in [3.8, 4) is 0 Å². The van der Waals surface area contributed by atoms with E-state index in [0.717, 1.165) is 23.3 Å². The molecule has 1 heterocycles. The highest BCUT2D eigenvalue weighted by Crippen LogP contribution is 2.34. The summed E-state index contributed by atoms with van der Waals surface area (Å²) >= 11 is 1.66. The van der Waals surface area contributed by atoms with Crippen molar-refractivity contribution < 1.29 is 0 Å². The van der Waals surface area contributed by atoms with Gasteiger partial charge in [-0.2, -0.15) is 0 Å². The van der Waals surface area contributed by atoms with Crippen LogP contribution in [-0.2, 0) is 6.54 Å². The molecule has 1 aromatic heterocycles. The van der Waals surface area contributed by atoms with E-state index in [1.807, 2.05) is 19.0 Å². The van der Waals surface area contributed by atoms with Crippen molar-refractivity contribution in [2.24, 2.45) is 10.4 Å². The third-order valence-corrected chi connectivity index (χ3v) is 5.40. The maximum Gasteiger partial charge on any atom is 0.191 e. The fourth-order valence-electron chi connectivity index (χ4n) is 2.79. The molecule has 1 fully saturated rings. The summed E-state index contributed by atoms with van der Waals surface area (Å²) in [6, 6.07) is 0.536. The average molecular weight is 338 g/mol. The first kappa shape index (κ1) is 18.0. The van der Waals surface area contributed by atoms with E-state index < -0.39 is 0 Å². The van der Waals surface area contributed by atoms with Gasteiger partial charge in [0.2, 0.25) is 0 Å². The van der Waals surface area contributed by atoms with Crippen LogP contribution in [0.25, 0.3) is 0 Å². The number of anilines is 1. The smallest absolute Gasteiger partial charge is 0.191 e. The van der Waals surface area contributed by atoms with Gasteiger partial charge in [-0.3, -0.25) is 0 Å². The molecule has 0 aliphatic heterocycles. The van der Waals surface area contributed by atoms with E-state index in [4.69, 9.17) is 4.99 Å². The first-order chi connectivity index (χ1) is 10.9. The van der Waals surface area contributed by atoms with E-state index in [2.05, 4.69) is 41.8 Å². The van der Waals surface area contributed by atoms with Crippen LogP contribution >= 0.6 is 11.3 Å². The van der Waals surface area contributed by atoms with Gasteiger partial charge >= 0.3 is 0 Å². The van der Waals surface area contributed by atoms with Gasteiger partial charge in [-0.25, -0.2) is 9.98 Å². The van der Waals surface area contributed by atoms with Crippen LogP contribution in [0.2, 0.25) is 0 Å². The first-order valence-electron chi connectivity index (χ1n) is 8.56. The Morgan fingerprint density at radius 3 is 2.65 bits per heavy atom.